The molecule has 1 aliphatic rings. The Morgan fingerprint density at radius 1 is 1.00 bits per heavy atom. The molecular formula is C30H48IN5O3Si2. The first-order valence-electron chi connectivity index (χ1n) is 14.6. The quantitative estimate of drug-likeness (QED) is 0.177. The van der Waals surface area contributed by atoms with Crippen LogP contribution in [0.25, 0.3) is 11.2 Å². The number of benzene rings is 1. The zero-order chi connectivity index (χ0) is 30.4. The molecule has 3 heterocycles. The molecule has 1 saturated heterocycles. The van der Waals surface area contributed by atoms with E-state index >= 15 is 0 Å². The maximum Gasteiger partial charge on any atom is 0.192 e. The number of nitrogens with zero attached hydrogens (tertiary/aromatic N) is 4. The average Bonchev–Trinajstić information content (AvgIpc) is 3.46. The largest absolute Gasteiger partial charge is 0.414 e. The Hall–Kier alpha value is -1.39. The van der Waals surface area contributed by atoms with E-state index in [1.54, 1.807) is 6.33 Å². The fraction of sp³-hybridized carbons (Fsp3) is 0.633. The Labute approximate surface area is 261 Å². The van der Waals surface area contributed by atoms with E-state index in [-0.39, 0.29) is 34.6 Å². The molecule has 226 valence electrons. The monoisotopic (exact) mass is 709 g/mol. The molecule has 2 unspecified atom stereocenters. The van der Waals surface area contributed by atoms with Crippen LogP contribution in [0.4, 0.5) is 5.82 Å². The molecule has 4 rings (SSSR count). The van der Waals surface area contributed by atoms with Crippen LogP contribution in [0, 0.1) is 3.57 Å². The second-order valence-corrected chi connectivity index (χ2v) is 25.1. The highest BCUT2D eigenvalue weighted by Gasteiger charge is 2.47. The van der Waals surface area contributed by atoms with Crippen LogP contribution >= 0.6 is 22.6 Å². The van der Waals surface area contributed by atoms with Gasteiger partial charge >= 0.3 is 0 Å². The summed E-state index contributed by atoms with van der Waals surface area (Å²) in [7, 11) is -4.00. The van der Waals surface area contributed by atoms with E-state index < -0.39 is 16.6 Å². The molecule has 2 aromatic heterocycles. The van der Waals surface area contributed by atoms with Gasteiger partial charge in [-0.2, -0.15) is 0 Å². The minimum atomic E-state index is -2.04. The third-order valence-electron chi connectivity index (χ3n) is 9.24. The number of aromatic nitrogens is 4. The summed E-state index contributed by atoms with van der Waals surface area (Å²) >= 11 is 2.32. The highest BCUT2D eigenvalue weighted by Crippen LogP contribution is 2.43. The van der Waals surface area contributed by atoms with Gasteiger partial charge in [0.25, 0.3) is 0 Å². The van der Waals surface area contributed by atoms with Crippen LogP contribution in [0.2, 0.25) is 36.3 Å². The van der Waals surface area contributed by atoms with Gasteiger partial charge in [0.05, 0.1) is 25.1 Å². The number of fused-ring (bicyclic) bond motifs is 1. The average molecular weight is 710 g/mol. The van der Waals surface area contributed by atoms with Crippen LogP contribution in [0.3, 0.4) is 0 Å². The summed E-state index contributed by atoms with van der Waals surface area (Å²) in [5, 5.41) is 3.75. The number of hydrogen-bond donors (Lipinski definition) is 1. The molecule has 11 heteroatoms. The van der Waals surface area contributed by atoms with E-state index in [2.05, 4.69) is 137 Å². The lowest BCUT2D eigenvalue weighted by Crippen LogP contribution is -2.48. The minimum Gasteiger partial charge on any atom is -0.414 e. The SMILES string of the molecule is CC(Nc1ncnc2c1ncn2[C@H]1CC(O[Si](C)(C)C(C)(C)C)[C@@H](CO[Si](C)(C)C(C)(C)C)O1)c1ccc(I)cc1. The second kappa shape index (κ2) is 11.9. The van der Waals surface area contributed by atoms with Crippen molar-refractivity contribution in [2.45, 2.75) is 116 Å². The van der Waals surface area contributed by atoms with Crippen LogP contribution in [0.5, 0.6) is 0 Å². The van der Waals surface area contributed by atoms with E-state index in [0.29, 0.717) is 12.4 Å². The molecule has 1 fully saturated rings. The zero-order valence-corrected chi connectivity index (χ0v) is 30.7. The van der Waals surface area contributed by atoms with Gasteiger partial charge in [0, 0.05) is 9.99 Å². The molecular weight excluding hydrogens is 661 g/mol. The van der Waals surface area contributed by atoms with Gasteiger partial charge in [0.1, 0.15) is 18.7 Å². The molecule has 0 amide bonds. The number of hydrogen-bond acceptors (Lipinski definition) is 7. The molecule has 0 aliphatic carbocycles. The van der Waals surface area contributed by atoms with Crippen LogP contribution in [0.1, 0.15) is 72.7 Å². The summed E-state index contributed by atoms with van der Waals surface area (Å²) in [6, 6.07) is 8.57. The zero-order valence-electron chi connectivity index (χ0n) is 26.6. The topological polar surface area (TPSA) is 83.3 Å². The van der Waals surface area contributed by atoms with Crippen molar-refractivity contribution in [1.29, 1.82) is 0 Å². The van der Waals surface area contributed by atoms with Crippen molar-refractivity contribution in [3.05, 3.63) is 46.1 Å². The van der Waals surface area contributed by atoms with Gasteiger partial charge in [-0.3, -0.25) is 4.57 Å². The number of halogens is 1. The van der Waals surface area contributed by atoms with Gasteiger partial charge in [-0.25, -0.2) is 15.0 Å². The molecule has 41 heavy (non-hydrogen) atoms. The predicted molar refractivity (Wildman–Crippen MR) is 180 cm³/mol. The van der Waals surface area contributed by atoms with Gasteiger partial charge in [-0.15, -0.1) is 0 Å². The fourth-order valence-electron chi connectivity index (χ4n) is 4.42. The van der Waals surface area contributed by atoms with E-state index in [4.69, 9.17) is 18.6 Å². The molecule has 0 spiro atoms. The normalized spacial score (nSPS) is 21.4. The van der Waals surface area contributed by atoms with Crippen LogP contribution in [0.15, 0.2) is 36.9 Å². The van der Waals surface area contributed by atoms with Crippen LogP contribution < -0.4 is 5.32 Å². The van der Waals surface area contributed by atoms with Gasteiger partial charge in [0.15, 0.2) is 33.6 Å². The van der Waals surface area contributed by atoms with Gasteiger partial charge in [0.2, 0.25) is 0 Å². The van der Waals surface area contributed by atoms with Crippen LogP contribution in [-0.2, 0) is 13.6 Å². The minimum absolute atomic E-state index is 0.0663. The van der Waals surface area contributed by atoms with Crippen LogP contribution in [-0.4, -0.2) is 55.0 Å². The van der Waals surface area contributed by atoms with Crippen molar-refractivity contribution in [2.24, 2.45) is 0 Å². The second-order valence-electron chi connectivity index (χ2n) is 14.3. The third-order valence-corrected chi connectivity index (χ3v) is 19.0. The van der Waals surface area contributed by atoms with E-state index in [9.17, 15) is 0 Å². The molecule has 1 aliphatic heterocycles. The highest BCUT2D eigenvalue weighted by molar-refractivity contribution is 14.1. The molecule has 8 nitrogen and oxygen atoms in total. The number of rotatable bonds is 9. The number of imidazole rings is 1. The van der Waals surface area contributed by atoms with Crippen molar-refractivity contribution < 1.29 is 13.6 Å². The molecule has 0 saturated carbocycles. The summed E-state index contributed by atoms with van der Waals surface area (Å²) < 4.78 is 23.6. The van der Waals surface area contributed by atoms with E-state index in [1.165, 1.54) is 9.13 Å². The highest BCUT2D eigenvalue weighted by atomic mass is 127. The summed E-state index contributed by atoms with van der Waals surface area (Å²) in [6.07, 6.45) is 3.66. The van der Waals surface area contributed by atoms with Crippen molar-refractivity contribution in [3.63, 3.8) is 0 Å². The van der Waals surface area contributed by atoms with Gasteiger partial charge in [-0.1, -0.05) is 53.7 Å². The summed E-state index contributed by atoms with van der Waals surface area (Å²) in [5.74, 6) is 0.713. The maximum atomic E-state index is 6.97. The van der Waals surface area contributed by atoms with Crippen molar-refractivity contribution in [3.8, 4) is 0 Å². The Bertz CT molecular complexity index is 1330. The standard InChI is InChI=1S/C30H48IN5O3Si2/c1-20(21-12-14-22(31)15-13-21)35-27-26-28(33-18-32-27)36(19-34-26)25-16-23(39-41(10,11)30(5,6)7)24(38-25)17-37-40(8,9)29(2,3)4/h12-15,18-20,23-25H,16-17H2,1-11H3,(H,32,33,35)/t20?,23?,24-,25-/m1/s1. The number of anilines is 1. The lowest BCUT2D eigenvalue weighted by Gasteiger charge is -2.40. The molecule has 3 aromatic rings. The Kier molecular flexibility index (Phi) is 9.48. The first kappa shape index (κ1) is 32.5. The smallest absolute Gasteiger partial charge is 0.192 e. The molecule has 1 aromatic carbocycles. The summed E-state index contributed by atoms with van der Waals surface area (Å²) in [6.45, 7) is 25.5. The Balaban J connectivity index is 1.59. The number of ether oxygens (including phenoxy) is 1. The van der Waals surface area contributed by atoms with E-state index in [1.807, 2.05) is 10.9 Å². The Morgan fingerprint density at radius 3 is 2.24 bits per heavy atom. The van der Waals surface area contributed by atoms with E-state index in [0.717, 1.165) is 17.6 Å². The molecule has 1 N–H and O–H groups in total. The molecule has 0 radical (unpaired) electrons. The first-order chi connectivity index (χ1) is 18.9. The molecule has 0 bridgehead atoms. The van der Waals surface area contributed by atoms with Gasteiger partial charge < -0.3 is 18.9 Å². The third kappa shape index (κ3) is 7.23. The molecule has 4 atom stereocenters. The van der Waals surface area contributed by atoms with Crippen molar-refractivity contribution in [1.82, 2.24) is 19.5 Å². The van der Waals surface area contributed by atoms with Crippen molar-refractivity contribution >= 4 is 56.2 Å². The lowest BCUT2D eigenvalue weighted by molar-refractivity contribution is -0.0383. The van der Waals surface area contributed by atoms with Crippen molar-refractivity contribution in [2.75, 3.05) is 11.9 Å². The maximum absolute atomic E-state index is 6.97. The fourth-order valence-corrected chi connectivity index (χ4v) is 7.15. The Morgan fingerprint density at radius 2 is 1.63 bits per heavy atom. The van der Waals surface area contributed by atoms with Gasteiger partial charge in [-0.05, 0) is 83.5 Å². The number of nitrogens with one attached hydrogen (secondary N) is 1. The lowest BCUT2D eigenvalue weighted by atomic mass is 10.1. The predicted octanol–water partition coefficient (Wildman–Crippen LogP) is 8.30. The summed E-state index contributed by atoms with van der Waals surface area (Å²) in [5.41, 5.74) is 2.67. The first-order valence-corrected chi connectivity index (χ1v) is 21.5. The summed E-state index contributed by atoms with van der Waals surface area (Å²) in [4.78, 5) is 13.9.